The van der Waals surface area contributed by atoms with Gasteiger partial charge in [-0.1, -0.05) is 96.8 Å². The molecule has 0 saturated carbocycles. The van der Waals surface area contributed by atoms with E-state index in [1.165, 1.54) is 84.5 Å². The Kier molecular flexibility index (Phi) is 18.3. The summed E-state index contributed by atoms with van der Waals surface area (Å²) in [5.41, 5.74) is 0. The molecular weight excluding hydrogens is 478 g/mol. The van der Waals surface area contributed by atoms with Crippen LogP contribution in [0.3, 0.4) is 0 Å². The van der Waals surface area contributed by atoms with E-state index in [1.807, 2.05) is 0 Å². The van der Waals surface area contributed by atoms with Gasteiger partial charge in [0.15, 0.2) is 12.4 Å². The maximum absolute atomic E-state index is 12.4. The lowest BCUT2D eigenvalue weighted by molar-refractivity contribution is -0.260. The summed E-state index contributed by atoms with van der Waals surface area (Å²) in [7, 11) is 0. The van der Waals surface area contributed by atoms with Gasteiger partial charge in [-0.2, -0.15) is 0 Å². The Morgan fingerprint density at radius 3 is 1.73 bits per heavy atom. The van der Waals surface area contributed by atoms with Crippen LogP contribution in [-0.2, 0) is 28.6 Å². The third-order valence-electron chi connectivity index (χ3n) is 6.77. The van der Waals surface area contributed by atoms with Crippen molar-refractivity contribution in [2.24, 2.45) is 0 Å². The molecule has 0 aromatic heterocycles. The minimum atomic E-state index is -1.53. The summed E-state index contributed by atoms with van der Waals surface area (Å²) in [6, 6.07) is -1.13. The molecule has 5 atom stereocenters. The van der Waals surface area contributed by atoms with E-state index in [0.717, 1.165) is 19.3 Å². The van der Waals surface area contributed by atoms with Crippen LogP contribution in [0.2, 0.25) is 0 Å². The lowest BCUT2D eigenvalue weighted by atomic mass is 9.96. The summed E-state index contributed by atoms with van der Waals surface area (Å²) < 4.78 is 15.6. The topological polar surface area (TPSA) is 131 Å². The smallest absolute Gasteiger partial charge is 0.306 e. The fraction of sp³-hybridized carbons (Fsp3) is 0.893. The van der Waals surface area contributed by atoms with Gasteiger partial charge in [-0.05, 0) is 6.42 Å². The van der Waals surface area contributed by atoms with Gasteiger partial charge in [-0.3, -0.25) is 14.4 Å². The molecule has 1 aliphatic heterocycles. The highest BCUT2D eigenvalue weighted by atomic mass is 16.6. The number of esters is 2. The van der Waals surface area contributed by atoms with Gasteiger partial charge in [-0.25, -0.2) is 0 Å². The van der Waals surface area contributed by atoms with Crippen LogP contribution in [0.15, 0.2) is 0 Å². The first-order valence-corrected chi connectivity index (χ1v) is 14.4. The number of hydrogen-bond donors (Lipinski definition) is 3. The SMILES string of the molecule is CCCCCCCCCCCCCCCCCC(=O)O[C@H]1[C@H](O)[C@@H](COC(C)=O)O[C@H](O)[C@@H]1NC(C)=O. The molecule has 1 fully saturated rings. The van der Waals surface area contributed by atoms with Crippen molar-refractivity contribution < 1.29 is 38.8 Å². The number of unbranched alkanes of at least 4 members (excludes halogenated alkanes) is 14. The maximum Gasteiger partial charge on any atom is 0.306 e. The van der Waals surface area contributed by atoms with E-state index in [0.29, 0.717) is 6.42 Å². The zero-order chi connectivity index (χ0) is 27.5. The number of carbonyl (C=O) groups is 3. The molecule has 3 N–H and O–H groups in total. The van der Waals surface area contributed by atoms with Crippen LogP contribution in [0.5, 0.6) is 0 Å². The van der Waals surface area contributed by atoms with E-state index in [9.17, 15) is 24.6 Å². The number of ether oxygens (including phenoxy) is 3. The molecular formula is C28H51NO8. The second-order valence-electron chi connectivity index (χ2n) is 10.2. The number of aliphatic hydroxyl groups excluding tert-OH is 2. The molecule has 1 rings (SSSR count). The number of rotatable bonds is 20. The molecule has 9 heteroatoms. The third kappa shape index (κ3) is 15.3. The molecule has 216 valence electrons. The number of nitrogens with one attached hydrogen (secondary N) is 1. The first-order chi connectivity index (χ1) is 17.8. The predicted molar refractivity (Wildman–Crippen MR) is 141 cm³/mol. The molecule has 0 aliphatic carbocycles. The van der Waals surface area contributed by atoms with Crippen molar-refractivity contribution in [3.05, 3.63) is 0 Å². The molecule has 0 aromatic carbocycles. The molecule has 0 radical (unpaired) electrons. The van der Waals surface area contributed by atoms with Crippen LogP contribution >= 0.6 is 0 Å². The van der Waals surface area contributed by atoms with E-state index in [2.05, 4.69) is 12.2 Å². The Labute approximate surface area is 223 Å². The van der Waals surface area contributed by atoms with Crippen LogP contribution < -0.4 is 5.32 Å². The van der Waals surface area contributed by atoms with Crippen molar-refractivity contribution in [1.82, 2.24) is 5.32 Å². The third-order valence-corrected chi connectivity index (χ3v) is 6.77. The fourth-order valence-corrected chi connectivity index (χ4v) is 4.65. The van der Waals surface area contributed by atoms with Crippen molar-refractivity contribution in [2.75, 3.05) is 6.61 Å². The van der Waals surface area contributed by atoms with Gasteiger partial charge in [0.05, 0.1) is 0 Å². The number of aliphatic hydroxyl groups is 2. The van der Waals surface area contributed by atoms with E-state index < -0.39 is 48.5 Å². The summed E-state index contributed by atoms with van der Waals surface area (Å²) in [5, 5.41) is 23.4. The van der Waals surface area contributed by atoms with Crippen molar-refractivity contribution in [3.63, 3.8) is 0 Å². The van der Waals surface area contributed by atoms with Crippen LogP contribution in [0.25, 0.3) is 0 Å². The summed E-state index contributed by atoms with van der Waals surface area (Å²) in [6.45, 7) is 4.39. The first kappa shape index (κ1) is 33.3. The highest BCUT2D eigenvalue weighted by Crippen LogP contribution is 2.24. The highest BCUT2D eigenvalue weighted by molar-refractivity contribution is 5.73. The monoisotopic (exact) mass is 529 g/mol. The molecule has 1 heterocycles. The first-order valence-electron chi connectivity index (χ1n) is 14.4. The van der Waals surface area contributed by atoms with Crippen molar-refractivity contribution in [2.45, 2.75) is 154 Å². The normalized spacial score (nSPS) is 23.4. The minimum absolute atomic E-state index is 0.180. The molecule has 37 heavy (non-hydrogen) atoms. The summed E-state index contributed by atoms with van der Waals surface area (Å²) in [4.78, 5) is 35.1. The van der Waals surface area contributed by atoms with Gasteiger partial charge >= 0.3 is 11.9 Å². The Morgan fingerprint density at radius 2 is 1.27 bits per heavy atom. The van der Waals surface area contributed by atoms with Crippen LogP contribution in [0.4, 0.5) is 0 Å². The van der Waals surface area contributed by atoms with E-state index in [4.69, 9.17) is 14.2 Å². The largest absolute Gasteiger partial charge is 0.463 e. The Hall–Kier alpha value is -1.71. The average molecular weight is 530 g/mol. The lowest BCUT2D eigenvalue weighted by Crippen LogP contribution is -2.65. The summed E-state index contributed by atoms with van der Waals surface area (Å²) >= 11 is 0. The molecule has 0 aromatic rings. The van der Waals surface area contributed by atoms with Gasteiger partial charge in [0.2, 0.25) is 5.91 Å². The number of amides is 1. The van der Waals surface area contributed by atoms with Crippen LogP contribution in [0, 0.1) is 0 Å². The second-order valence-corrected chi connectivity index (χ2v) is 10.2. The van der Waals surface area contributed by atoms with E-state index >= 15 is 0 Å². The fourth-order valence-electron chi connectivity index (χ4n) is 4.65. The molecule has 0 spiro atoms. The van der Waals surface area contributed by atoms with Gasteiger partial charge in [0, 0.05) is 20.3 Å². The van der Waals surface area contributed by atoms with E-state index in [1.54, 1.807) is 0 Å². The van der Waals surface area contributed by atoms with E-state index in [-0.39, 0.29) is 13.0 Å². The van der Waals surface area contributed by atoms with Gasteiger partial charge in [0.1, 0.15) is 24.9 Å². The zero-order valence-corrected chi connectivity index (χ0v) is 23.3. The quantitative estimate of drug-likeness (QED) is 0.157. The van der Waals surface area contributed by atoms with Gasteiger partial charge in [-0.15, -0.1) is 0 Å². The second kappa shape index (κ2) is 20.3. The predicted octanol–water partition coefficient (Wildman–Crippen LogP) is 4.31. The zero-order valence-electron chi connectivity index (χ0n) is 23.3. The van der Waals surface area contributed by atoms with Gasteiger partial charge < -0.3 is 29.7 Å². The average Bonchev–Trinajstić information content (AvgIpc) is 2.84. The molecule has 0 unspecified atom stereocenters. The standard InChI is InChI=1S/C28H51NO8/c1-4-5-6-7-8-9-10-11-12-13-14-15-16-17-18-19-24(32)37-27-25(29-21(2)30)28(34)36-23(26(27)33)20-35-22(3)31/h23,25-28,33-34H,4-20H2,1-3H3,(H,29,30)/t23-,25-,26-,27-,28+/m1/s1. The molecule has 1 saturated heterocycles. The number of hydrogen-bond acceptors (Lipinski definition) is 8. The molecule has 1 amide bonds. The maximum atomic E-state index is 12.4. The Bertz CT molecular complexity index is 644. The molecule has 0 bridgehead atoms. The van der Waals surface area contributed by atoms with Gasteiger partial charge in [0.25, 0.3) is 0 Å². The lowest BCUT2D eigenvalue weighted by Gasteiger charge is -2.42. The van der Waals surface area contributed by atoms with Crippen LogP contribution in [0.1, 0.15) is 124 Å². The Balaban J connectivity index is 2.23. The van der Waals surface area contributed by atoms with Crippen LogP contribution in [-0.4, -0.2) is 65.3 Å². The number of carbonyl (C=O) groups excluding carboxylic acids is 3. The summed E-state index contributed by atoms with van der Waals surface area (Å²) in [5.74, 6) is -1.56. The van der Waals surface area contributed by atoms with Crippen molar-refractivity contribution >= 4 is 17.8 Å². The summed E-state index contributed by atoms with van der Waals surface area (Å²) in [6.07, 6.45) is 13.4. The van der Waals surface area contributed by atoms with Crippen molar-refractivity contribution in [1.29, 1.82) is 0 Å². The molecule has 1 aliphatic rings. The molecule has 9 nitrogen and oxygen atoms in total. The highest BCUT2D eigenvalue weighted by Gasteiger charge is 2.47. The Morgan fingerprint density at radius 1 is 0.784 bits per heavy atom. The minimum Gasteiger partial charge on any atom is -0.463 e. The van der Waals surface area contributed by atoms with Crippen molar-refractivity contribution in [3.8, 4) is 0 Å².